The second kappa shape index (κ2) is 7.56. The minimum atomic E-state index is -0.672. The van der Waals surface area contributed by atoms with E-state index >= 15 is 0 Å². The van der Waals surface area contributed by atoms with E-state index in [1.54, 1.807) is 30.1 Å². The van der Waals surface area contributed by atoms with Crippen LogP contribution in [0, 0.1) is 0 Å². The van der Waals surface area contributed by atoms with Crippen molar-refractivity contribution in [2.45, 2.75) is 6.54 Å². The molecule has 2 aromatic rings. The molecule has 8 heteroatoms. The SMILES string of the molecule is C=C(C=O)NC(=O)C(=C)N1Cc2c(cccc2-c2ccc3c(c2)OCC(=O)N3C)C1=O. The smallest absolute Gasteiger partial charge is 0.271 e. The van der Waals surface area contributed by atoms with E-state index in [1.807, 2.05) is 18.2 Å². The Bertz CT molecular complexity index is 1180. The van der Waals surface area contributed by atoms with Gasteiger partial charge in [-0.1, -0.05) is 31.4 Å². The number of nitrogens with one attached hydrogen (secondary N) is 1. The molecule has 0 aliphatic carbocycles. The number of allylic oxidation sites excluding steroid dienone is 1. The molecule has 2 aromatic carbocycles. The van der Waals surface area contributed by atoms with E-state index in [2.05, 4.69) is 18.5 Å². The first-order chi connectivity index (χ1) is 14.8. The minimum absolute atomic E-state index is 0.0346. The summed E-state index contributed by atoms with van der Waals surface area (Å²) in [6.45, 7) is 7.23. The molecule has 2 heterocycles. The number of benzene rings is 2. The first-order valence-corrected chi connectivity index (χ1v) is 9.43. The van der Waals surface area contributed by atoms with Gasteiger partial charge < -0.3 is 15.0 Å². The average molecular weight is 417 g/mol. The molecule has 2 aliphatic rings. The van der Waals surface area contributed by atoms with E-state index in [4.69, 9.17) is 4.74 Å². The van der Waals surface area contributed by atoms with Crippen LogP contribution in [-0.4, -0.2) is 42.6 Å². The van der Waals surface area contributed by atoms with Crippen molar-refractivity contribution >= 4 is 29.7 Å². The van der Waals surface area contributed by atoms with Crippen LogP contribution in [0.25, 0.3) is 11.1 Å². The monoisotopic (exact) mass is 417 g/mol. The van der Waals surface area contributed by atoms with Crippen LogP contribution in [0.15, 0.2) is 61.0 Å². The van der Waals surface area contributed by atoms with Crippen molar-refractivity contribution in [3.05, 3.63) is 72.1 Å². The topological polar surface area (TPSA) is 96.0 Å². The summed E-state index contributed by atoms with van der Waals surface area (Å²) < 4.78 is 5.57. The largest absolute Gasteiger partial charge is 0.482 e. The molecule has 0 unspecified atom stereocenters. The van der Waals surface area contributed by atoms with Gasteiger partial charge in [-0.2, -0.15) is 0 Å². The number of rotatable bonds is 5. The van der Waals surface area contributed by atoms with Crippen LogP contribution in [0.1, 0.15) is 15.9 Å². The summed E-state index contributed by atoms with van der Waals surface area (Å²) >= 11 is 0. The number of nitrogens with zero attached hydrogens (tertiary/aromatic N) is 2. The average Bonchev–Trinajstić information content (AvgIpc) is 3.12. The zero-order valence-electron chi connectivity index (χ0n) is 16.8. The summed E-state index contributed by atoms with van der Waals surface area (Å²) in [7, 11) is 1.69. The lowest BCUT2D eigenvalue weighted by Gasteiger charge is -2.26. The molecule has 0 radical (unpaired) electrons. The minimum Gasteiger partial charge on any atom is -0.482 e. The molecule has 1 N–H and O–H groups in total. The van der Waals surface area contributed by atoms with Crippen molar-refractivity contribution in [1.29, 1.82) is 0 Å². The number of carbonyl (C=O) groups excluding carboxylic acids is 4. The van der Waals surface area contributed by atoms with E-state index in [0.29, 0.717) is 23.3 Å². The number of carbonyl (C=O) groups is 4. The van der Waals surface area contributed by atoms with Crippen LogP contribution < -0.4 is 15.0 Å². The van der Waals surface area contributed by atoms with Gasteiger partial charge in [0.15, 0.2) is 12.9 Å². The first-order valence-electron chi connectivity index (χ1n) is 9.43. The third-order valence-corrected chi connectivity index (χ3v) is 5.33. The fourth-order valence-corrected chi connectivity index (χ4v) is 3.64. The van der Waals surface area contributed by atoms with Crippen molar-refractivity contribution in [2.24, 2.45) is 0 Å². The second-order valence-corrected chi connectivity index (χ2v) is 7.19. The molecule has 0 atom stereocenters. The van der Waals surface area contributed by atoms with Gasteiger partial charge in [-0.3, -0.25) is 24.1 Å². The zero-order valence-corrected chi connectivity index (χ0v) is 16.8. The van der Waals surface area contributed by atoms with E-state index in [1.165, 1.54) is 4.90 Å². The fourth-order valence-electron chi connectivity index (χ4n) is 3.64. The summed E-state index contributed by atoms with van der Waals surface area (Å²) in [5, 5.41) is 2.30. The van der Waals surface area contributed by atoms with Crippen LogP contribution in [0.3, 0.4) is 0 Å². The lowest BCUT2D eigenvalue weighted by molar-refractivity contribution is -0.121. The predicted octanol–water partition coefficient (Wildman–Crippen LogP) is 2.01. The number of hydrogen-bond acceptors (Lipinski definition) is 5. The maximum atomic E-state index is 12.9. The number of likely N-dealkylation sites (N-methyl/N-ethyl adjacent to an activating group) is 1. The van der Waals surface area contributed by atoms with Crippen molar-refractivity contribution in [1.82, 2.24) is 10.2 Å². The number of ether oxygens (including phenoxy) is 1. The molecule has 2 aliphatic heterocycles. The van der Waals surface area contributed by atoms with Crippen LogP contribution in [-0.2, 0) is 20.9 Å². The molecule has 8 nitrogen and oxygen atoms in total. The van der Waals surface area contributed by atoms with Crippen LogP contribution in [0.2, 0.25) is 0 Å². The van der Waals surface area contributed by atoms with Gasteiger partial charge in [-0.25, -0.2) is 0 Å². The summed E-state index contributed by atoms with van der Waals surface area (Å²) in [6.07, 6.45) is 0.410. The van der Waals surface area contributed by atoms with Crippen LogP contribution in [0.5, 0.6) is 5.75 Å². The van der Waals surface area contributed by atoms with Gasteiger partial charge in [-0.15, -0.1) is 0 Å². The second-order valence-electron chi connectivity index (χ2n) is 7.19. The van der Waals surface area contributed by atoms with Crippen molar-refractivity contribution in [3.63, 3.8) is 0 Å². The molecular formula is C23H19N3O5. The molecule has 3 amide bonds. The molecule has 0 saturated carbocycles. The Kier molecular flexibility index (Phi) is 4.90. The molecule has 31 heavy (non-hydrogen) atoms. The number of fused-ring (bicyclic) bond motifs is 2. The van der Waals surface area contributed by atoms with Crippen molar-refractivity contribution < 1.29 is 23.9 Å². The summed E-state index contributed by atoms with van der Waals surface area (Å²) in [5.41, 5.74) is 3.31. The number of anilines is 1. The maximum Gasteiger partial charge on any atom is 0.271 e. The maximum absolute atomic E-state index is 12.9. The lowest BCUT2D eigenvalue weighted by Crippen LogP contribution is -2.35. The van der Waals surface area contributed by atoms with Gasteiger partial charge >= 0.3 is 0 Å². The standard InChI is InChI=1S/C23H19N3O5/c1-13(11-27)24-22(29)14(2)26-10-18-16(5-4-6-17(18)23(26)30)15-7-8-19-20(9-15)31-12-21(28)25(19)3/h4-9,11H,1-2,10,12H2,3H3,(H,24,29). The van der Waals surface area contributed by atoms with Crippen LogP contribution in [0.4, 0.5) is 5.69 Å². The summed E-state index contributed by atoms with van der Waals surface area (Å²) in [6, 6.07) is 10.8. The molecule has 0 bridgehead atoms. The Morgan fingerprint density at radius 3 is 2.65 bits per heavy atom. The van der Waals surface area contributed by atoms with Gasteiger partial charge in [-0.05, 0) is 34.9 Å². The molecular weight excluding hydrogens is 398 g/mol. The quantitative estimate of drug-likeness (QED) is 0.593. The Balaban J connectivity index is 1.66. The van der Waals surface area contributed by atoms with Crippen molar-refractivity contribution in [3.8, 4) is 16.9 Å². The third-order valence-electron chi connectivity index (χ3n) is 5.33. The van der Waals surface area contributed by atoms with Gasteiger partial charge in [0.1, 0.15) is 11.4 Å². The van der Waals surface area contributed by atoms with E-state index < -0.39 is 5.91 Å². The highest BCUT2D eigenvalue weighted by Crippen LogP contribution is 2.39. The fraction of sp³-hybridized carbons (Fsp3) is 0.130. The molecule has 0 spiro atoms. The Hall–Kier alpha value is -4.20. The molecule has 156 valence electrons. The first kappa shape index (κ1) is 20.1. The molecule has 4 rings (SSSR count). The summed E-state index contributed by atoms with van der Waals surface area (Å²) in [5.74, 6) is -0.575. The van der Waals surface area contributed by atoms with E-state index in [0.717, 1.165) is 16.7 Å². The highest BCUT2D eigenvalue weighted by Gasteiger charge is 2.33. The van der Waals surface area contributed by atoms with E-state index in [9.17, 15) is 19.2 Å². The third kappa shape index (κ3) is 3.38. The Morgan fingerprint density at radius 1 is 1.16 bits per heavy atom. The number of hydrogen-bond donors (Lipinski definition) is 1. The Morgan fingerprint density at radius 2 is 1.90 bits per heavy atom. The zero-order chi connectivity index (χ0) is 22.3. The van der Waals surface area contributed by atoms with Gasteiger partial charge in [0.2, 0.25) is 0 Å². The normalized spacial score (nSPS) is 14.5. The number of aldehydes is 1. The highest BCUT2D eigenvalue weighted by atomic mass is 16.5. The molecule has 0 aromatic heterocycles. The highest BCUT2D eigenvalue weighted by molar-refractivity contribution is 6.07. The van der Waals surface area contributed by atoms with Gasteiger partial charge in [0.25, 0.3) is 17.7 Å². The molecule has 0 fully saturated rings. The van der Waals surface area contributed by atoms with E-state index in [-0.39, 0.29) is 36.4 Å². The number of amides is 3. The van der Waals surface area contributed by atoms with Gasteiger partial charge in [0.05, 0.1) is 17.9 Å². The van der Waals surface area contributed by atoms with Gasteiger partial charge in [0, 0.05) is 12.6 Å². The predicted molar refractivity (Wildman–Crippen MR) is 113 cm³/mol. The lowest BCUT2D eigenvalue weighted by atomic mass is 9.96. The molecule has 0 saturated heterocycles. The summed E-state index contributed by atoms with van der Waals surface area (Å²) in [4.78, 5) is 50.6. The Labute approximate surface area is 178 Å². The van der Waals surface area contributed by atoms with Crippen LogP contribution >= 0.6 is 0 Å². The van der Waals surface area contributed by atoms with Crippen molar-refractivity contribution in [2.75, 3.05) is 18.6 Å².